The first-order valence-corrected chi connectivity index (χ1v) is 7.93. The molecule has 4 rings (SSSR count). The molecule has 1 aromatic carbocycles. The summed E-state index contributed by atoms with van der Waals surface area (Å²) >= 11 is 0. The molecule has 2 heterocycles. The molecule has 4 heteroatoms. The van der Waals surface area contributed by atoms with Crippen LogP contribution in [0, 0.1) is 5.41 Å². The number of carbonyl (C=O) groups is 1. The molecule has 0 radical (unpaired) electrons. The highest BCUT2D eigenvalue weighted by atomic mass is 16.5. The maximum Gasteiger partial charge on any atom is 0.338 e. The second-order valence-corrected chi connectivity index (χ2v) is 6.61. The fraction of sp³-hybridized carbons (Fsp3) is 0.444. The third-order valence-electron chi connectivity index (χ3n) is 5.21. The smallest absolute Gasteiger partial charge is 0.338 e. The molecule has 1 spiro atoms. The van der Waals surface area contributed by atoms with Crippen molar-refractivity contribution < 1.29 is 9.53 Å². The molecule has 0 amide bonds. The van der Waals surface area contributed by atoms with E-state index in [9.17, 15) is 4.79 Å². The summed E-state index contributed by atoms with van der Waals surface area (Å²) in [5.41, 5.74) is 3.17. The Hall–Kier alpha value is -2.10. The van der Waals surface area contributed by atoms with E-state index in [2.05, 4.69) is 22.0 Å². The largest absolute Gasteiger partial charge is 0.465 e. The Kier molecular flexibility index (Phi) is 3.06. The Morgan fingerprint density at radius 2 is 2.00 bits per heavy atom. The highest BCUT2D eigenvalue weighted by Gasteiger charge is 2.44. The van der Waals surface area contributed by atoms with E-state index in [0.29, 0.717) is 11.0 Å². The highest BCUT2D eigenvalue weighted by Crippen LogP contribution is 2.47. The Bertz CT molecular complexity index is 727. The van der Waals surface area contributed by atoms with Crippen LogP contribution in [-0.2, 0) is 4.74 Å². The van der Waals surface area contributed by atoms with Crippen molar-refractivity contribution in [3.05, 3.63) is 36.0 Å². The number of pyridine rings is 1. The number of carbonyl (C=O) groups excluding carboxylic acids is 1. The van der Waals surface area contributed by atoms with Gasteiger partial charge in [-0.25, -0.2) is 4.79 Å². The van der Waals surface area contributed by atoms with Crippen molar-refractivity contribution in [3.63, 3.8) is 0 Å². The van der Waals surface area contributed by atoms with Gasteiger partial charge in [-0.05, 0) is 37.1 Å². The third kappa shape index (κ3) is 2.05. The number of nitrogens with zero attached hydrogens (tertiary/aromatic N) is 2. The van der Waals surface area contributed by atoms with E-state index in [4.69, 9.17) is 4.74 Å². The third-order valence-corrected chi connectivity index (χ3v) is 5.21. The molecular weight excluding hydrogens is 276 g/mol. The zero-order valence-electron chi connectivity index (χ0n) is 12.8. The van der Waals surface area contributed by atoms with Crippen molar-refractivity contribution in [1.82, 2.24) is 4.98 Å². The van der Waals surface area contributed by atoms with E-state index in [1.165, 1.54) is 38.5 Å². The minimum Gasteiger partial charge on any atom is -0.465 e. The molecule has 1 aliphatic heterocycles. The average molecular weight is 296 g/mol. The molecule has 0 atom stereocenters. The van der Waals surface area contributed by atoms with Gasteiger partial charge in [-0.2, -0.15) is 0 Å². The van der Waals surface area contributed by atoms with E-state index >= 15 is 0 Å². The van der Waals surface area contributed by atoms with Crippen LogP contribution in [0.5, 0.6) is 0 Å². The second-order valence-electron chi connectivity index (χ2n) is 6.61. The number of anilines is 1. The normalized spacial score (nSPS) is 19.4. The first-order valence-electron chi connectivity index (χ1n) is 7.93. The number of hydrogen-bond acceptors (Lipinski definition) is 4. The van der Waals surface area contributed by atoms with Crippen molar-refractivity contribution in [2.75, 3.05) is 25.1 Å². The number of aromatic nitrogens is 1. The lowest BCUT2D eigenvalue weighted by atomic mass is 9.78. The molecule has 0 unspecified atom stereocenters. The first kappa shape index (κ1) is 13.6. The fourth-order valence-corrected chi connectivity index (χ4v) is 4.01. The molecule has 2 aromatic rings. The molecule has 2 fully saturated rings. The SMILES string of the molecule is COC(=O)c1ccnc2ccc(N3CC4(CCCC4)C3)cc12. The lowest BCUT2D eigenvalue weighted by Crippen LogP contribution is -2.55. The zero-order chi connectivity index (χ0) is 15.2. The van der Waals surface area contributed by atoms with Gasteiger partial charge in [-0.3, -0.25) is 4.98 Å². The topological polar surface area (TPSA) is 42.4 Å². The number of benzene rings is 1. The predicted molar refractivity (Wildman–Crippen MR) is 86.2 cm³/mol. The van der Waals surface area contributed by atoms with Crippen molar-refractivity contribution in [3.8, 4) is 0 Å². The number of hydrogen-bond donors (Lipinski definition) is 0. The van der Waals surface area contributed by atoms with Gasteiger partial charge < -0.3 is 9.64 Å². The van der Waals surface area contributed by atoms with Crippen LogP contribution in [0.1, 0.15) is 36.0 Å². The molecule has 0 bridgehead atoms. The maximum atomic E-state index is 11.9. The maximum absolute atomic E-state index is 11.9. The van der Waals surface area contributed by atoms with Gasteiger partial charge in [0, 0.05) is 35.8 Å². The summed E-state index contributed by atoms with van der Waals surface area (Å²) in [4.78, 5) is 18.7. The molecule has 1 aromatic heterocycles. The van der Waals surface area contributed by atoms with Crippen molar-refractivity contribution >= 4 is 22.6 Å². The Morgan fingerprint density at radius 3 is 2.73 bits per heavy atom. The van der Waals surface area contributed by atoms with Gasteiger partial charge in [0.2, 0.25) is 0 Å². The van der Waals surface area contributed by atoms with Crippen LogP contribution in [0.2, 0.25) is 0 Å². The highest BCUT2D eigenvalue weighted by molar-refractivity contribution is 6.04. The first-order chi connectivity index (χ1) is 10.7. The lowest BCUT2D eigenvalue weighted by Gasteiger charge is -2.49. The number of methoxy groups -OCH3 is 1. The summed E-state index contributed by atoms with van der Waals surface area (Å²) in [5.74, 6) is -0.305. The molecular formula is C18H20N2O2. The lowest BCUT2D eigenvalue weighted by molar-refractivity contribution is 0.0603. The summed E-state index contributed by atoms with van der Waals surface area (Å²) < 4.78 is 4.88. The van der Waals surface area contributed by atoms with Gasteiger partial charge in [-0.1, -0.05) is 12.8 Å². The van der Waals surface area contributed by atoms with Gasteiger partial charge in [0.15, 0.2) is 0 Å². The molecule has 1 saturated heterocycles. The Morgan fingerprint density at radius 1 is 1.23 bits per heavy atom. The quantitative estimate of drug-likeness (QED) is 0.797. The second kappa shape index (κ2) is 4.97. The van der Waals surface area contributed by atoms with E-state index in [1.807, 2.05) is 6.07 Å². The number of rotatable bonds is 2. The van der Waals surface area contributed by atoms with Crippen molar-refractivity contribution in [2.24, 2.45) is 5.41 Å². The average Bonchev–Trinajstić information content (AvgIpc) is 3.01. The minimum atomic E-state index is -0.305. The molecule has 1 aliphatic carbocycles. The molecule has 22 heavy (non-hydrogen) atoms. The van der Waals surface area contributed by atoms with Crippen LogP contribution in [0.4, 0.5) is 5.69 Å². The van der Waals surface area contributed by atoms with E-state index in [0.717, 1.165) is 24.0 Å². The van der Waals surface area contributed by atoms with Crippen molar-refractivity contribution in [1.29, 1.82) is 0 Å². The van der Waals surface area contributed by atoms with Gasteiger partial charge in [0.1, 0.15) is 0 Å². The number of esters is 1. The predicted octanol–water partition coefficient (Wildman–Crippen LogP) is 3.40. The van der Waals surface area contributed by atoms with Gasteiger partial charge in [0.05, 0.1) is 18.2 Å². The van der Waals surface area contributed by atoms with Crippen LogP contribution in [0.15, 0.2) is 30.5 Å². The summed E-state index contributed by atoms with van der Waals surface area (Å²) in [6.07, 6.45) is 7.15. The van der Waals surface area contributed by atoms with E-state index in [-0.39, 0.29) is 5.97 Å². The summed E-state index contributed by atoms with van der Waals surface area (Å²) in [6.45, 7) is 2.29. The summed E-state index contributed by atoms with van der Waals surface area (Å²) in [6, 6.07) is 7.91. The Balaban J connectivity index is 1.67. The van der Waals surface area contributed by atoms with Gasteiger partial charge in [0.25, 0.3) is 0 Å². The summed E-state index contributed by atoms with van der Waals surface area (Å²) in [7, 11) is 1.41. The minimum absolute atomic E-state index is 0.305. The molecule has 4 nitrogen and oxygen atoms in total. The summed E-state index contributed by atoms with van der Waals surface area (Å²) in [5, 5.41) is 0.874. The monoisotopic (exact) mass is 296 g/mol. The number of ether oxygens (including phenoxy) is 1. The van der Waals surface area contributed by atoms with E-state index < -0.39 is 0 Å². The zero-order valence-corrected chi connectivity index (χ0v) is 12.8. The van der Waals surface area contributed by atoms with Crippen LogP contribution in [0.25, 0.3) is 10.9 Å². The molecule has 1 saturated carbocycles. The fourth-order valence-electron chi connectivity index (χ4n) is 4.01. The van der Waals surface area contributed by atoms with Crippen LogP contribution in [0.3, 0.4) is 0 Å². The Labute approximate surface area is 130 Å². The van der Waals surface area contributed by atoms with Crippen LogP contribution < -0.4 is 4.90 Å². The van der Waals surface area contributed by atoms with Crippen LogP contribution >= 0.6 is 0 Å². The van der Waals surface area contributed by atoms with Gasteiger partial charge in [-0.15, -0.1) is 0 Å². The molecule has 2 aliphatic rings. The van der Waals surface area contributed by atoms with E-state index in [1.54, 1.807) is 12.3 Å². The van der Waals surface area contributed by atoms with Gasteiger partial charge >= 0.3 is 5.97 Å². The van der Waals surface area contributed by atoms with Crippen molar-refractivity contribution in [2.45, 2.75) is 25.7 Å². The molecule has 0 N–H and O–H groups in total. The molecule has 114 valence electrons. The van der Waals surface area contributed by atoms with Crippen LogP contribution in [-0.4, -0.2) is 31.2 Å². The number of fused-ring (bicyclic) bond motifs is 1. The standard InChI is InChI=1S/C18H20N2O2/c1-22-17(21)14-6-9-19-16-5-4-13(10-15(14)16)20-11-18(12-20)7-2-3-8-18/h4-6,9-10H,2-3,7-8,11-12H2,1H3.